The molecule has 0 bridgehead atoms. The average Bonchev–Trinajstić information content (AvgIpc) is 2.85. The summed E-state index contributed by atoms with van der Waals surface area (Å²) in [5, 5.41) is 4.48. The Kier molecular flexibility index (Phi) is 6.75. The molecule has 7 heteroatoms. The highest BCUT2D eigenvalue weighted by Crippen LogP contribution is 2.23. The van der Waals surface area contributed by atoms with Crippen LogP contribution in [0.5, 0.6) is 0 Å². The predicted molar refractivity (Wildman–Crippen MR) is 133 cm³/mol. The van der Waals surface area contributed by atoms with Gasteiger partial charge in [0, 0.05) is 11.3 Å². The molecule has 4 aromatic rings. The van der Waals surface area contributed by atoms with Gasteiger partial charge in [-0.3, -0.25) is 9.52 Å². The molecule has 0 spiro atoms. The lowest BCUT2D eigenvalue weighted by molar-refractivity contribution is -0.109. The molecule has 6 nitrogen and oxygen atoms in total. The van der Waals surface area contributed by atoms with E-state index in [1.54, 1.807) is 37.3 Å². The van der Waals surface area contributed by atoms with Crippen LogP contribution in [0.15, 0.2) is 95.9 Å². The maximum atomic E-state index is 13.0. The van der Waals surface area contributed by atoms with Gasteiger partial charge in [0.15, 0.2) is 0 Å². The quantitative estimate of drug-likeness (QED) is 0.370. The summed E-state index contributed by atoms with van der Waals surface area (Å²) in [6, 6.07) is 25.8. The number of aryl methyl sites for hydroxylation is 1. The van der Waals surface area contributed by atoms with Crippen molar-refractivity contribution in [2.24, 2.45) is 0 Å². The van der Waals surface area contributed by atoms with Gasteiger partial charge in [0.2, 0.25) is 0 Å². The van der Waals surface area contributed by atoms with Crippen molar-refractivity contribution in [3.63, 3.8) is 0 Å². The van der Waals surface area contributed by atoms with Gasteiger partial charge in [-0.1, -0.05) is 66.7 Å². The van der Waals surface area contributed by atoms with Crippen molar-refractivity contribution in [1.82, 2.24) is 5.32 Å². The van der Waals surface area contributed by atoms with Crippen LogP contribution in [-0.4, -0.2) is 26.7 Å². The molecule has 0 aromatic heterocycles. The first-order valence-corrected chi connectivity index (χ1v) is 12.3. The molecule has 0 heterocycles. The summed E-state index contributed by atoms with van der Waals surface area (Å²) in [5.41, 5.74) is 2.14. The molecule has 0 aliphatic rings. The molecule has 0 aliphatic heterocycles. The van der Waals surface area contributed by atoms with Gasteiger partial charge in [-0.25, -0.2) is 8.42 Å². The minimum absolute atomic E-state index is 0.127. The second-order valence-electron chi connectivity index (χ2n) is 8.05. The molecule has 4 aromatic carbocycles. The van der Waals surface area contributed by atoms with Crippen molar-refractivity contribution in [2.75, 3.05) is 4.72 Å². The van der Waals surface area contributed by atoms with Crippen LogP contribution in [-0.2, 0) is 21.2 Å². The molecule has 4 rings (SSSR count). The topological polar surface area (TPSA) is 92.3 Å². The Bertz CT molecular complexity index is 1450. The standard InChI is InChI=1S/C27H24N2O4S/c1-19-11-13-23(29-34(32,33)25-14-12-21-9-5-6-10-22(21)16-25)17-26(19)27(31)28-24(18-30)15-20-7-3-2-4-8-20/h2-14,16-18,24,29H,15H2,1H3,(H,28,31). The summed E-state index contributed by atoms with van der Waals surface area (Å²) < 4.78 is 28.5. The van der Waals surface area contributed by atoms with Gasteiger partial charge in [-0.05, 0) is 59.5 Å². The Morgan fingerprint density at radius 3 is 2.32 bits per heavy atom. The molecular weight excluding hydrogens is 448 g/mol. The zero-order valence-corrected chi connectivity index (χ0v) is 19.4. The Hall–Kier alpha value is -3.97. The SMILES string of the molecule is Cc1ccc(NS(=O)(=O)c2ccc3ccccc3c2)cc1C(=O)NC(C=O)Cc1ccccc1. The molecule has 1 unspecified atom stereocenters. The number of amides is 1. The van der Waals surface area contributed by atoms with E-state index in [2.05, 4.69) is 10.0 Å². The molecule has 0 fully saturated rings. The Morgan fingerprint density at radius 2 is 1.59 bits per heavy atom. The van der Waals surface area contributed by atoms with Gasteiger partial charge < -0.3 is 10.1 Å². The number of fused-ring (bicyclic) bond motifs is 1. The Labute approximate surface area is 198 Å². The van der Waals surface area contributed by atoms with Gasteiger partial charge in [0.05, 0.1) is 10.9 Å². The van der Waals surface area contributed by atoms with Crippen molar-refractivity contribution in [3.05, 3.63) is 108 Å². The molecule has 0 saturated heterocycles. The Balaban J connectivity index is 1.53. The first kappa shape index (κ1) is 23.2. The van der Waals surface area contributed by atoms with Crippen molar-refractivity contribution in [1.29, 1.82) is 0 Å². The number of sulfonamides is 1. The van der Waals surface area contributed by atoms with E-state index >= 15 is 0 Å². The highest BCUT2D eigenvalue weighted by molar-refractivity contribution is 7.92. The average molecular weight is 473 g/mol. The minimum Gasteiger partial charge on any atom is -0.342 e. The van der Waals surface area contributed by atoms with E-state index in [-0.39, 0.29) is 10.6 Å². The molecule has 0 saturated carbocycles. The third-order valence-corrected chi connectivity index (χ3v) is 6.92. The van der Waals surface area contributed by atoms with Crippen molar-refractivity contribution >= 4 is 38.7 Å². The second-order valence-corrected chi connectivity index (χ2v) is 9.73. The number of hydrogen-bond acceptors (Lipinski definition) is 4. The number of rotatable bonds is 8. The molecule has 0 aliphatic carbocycles. The minimum atomic E-state index is -3.87. The number of carbonyl (C=O) groups is 2. The first-order valence-electron chi connectivity index (χ1n) is 10.8. The molecule has 2 N–H and O–H groups in total. The van der Waals surface area contributed by atoms with Gasteiger partial charge in [-0.2, -0.15) is 0 Å². The maximum Gasteiger partial charge on any atom is 0.261 e. The normalized spacial score (nSPS) is 12.1. The number of carbonyl (C=O) groups excluding carboxylic acids is 2. The molecule has 1 amide bonds. The van der Waals surface area contributed by atoms with Crippen LogP contribution in [0.3, 0.4) is 0 Å². The van der Waals surface area contributed by atoms with Crippen LogP contribution >= 0.6 is 0 Å². The molecule has 0 radical (unpaired) electrons. The Morgan fingerprint density at radius 1 is 0.882 bits per heavy atom. The summed E-state index contributed by atoms with van der Waals surface area (Å²) in [5.74, 6) is -0.447. The lowest BCUT2D eigenvalue weighted by Gasteiger charge is -2.15. The fourth-order valence-electron chi connectivity index (χ4n) is 3.73. The van der Waals surface area contributed by atoms with E-state index in [1.807, 2.05) is 54.6 Å². The number of anilines is 1. The fourth-order valence-corrected chi connectivity index (χ4v) is 4.81. The number of benzene rings is 4. The van der Waals surface area contributed by atoms with Crippen LogP contribution in [0.4, 0.5) is 5.69 Å². The van der Waals surface area contributed by atoms with Crippen LogP contribution in [0.1, 0.15) is 21.5 Å². The van der Waals surface area contributed by atoms with Gasteiger partial charge in [0.1, 0.15) is 6.29 Å². The number of hydrogen-bond donors (Lipinski definition) is 2. The third-order valence-electron chi connectivity index (χ3n) is 5.54. The van der Waals surface area contributed by atoms with E-state index in [0.717, 1.165) is 16.3 Å². The summed E-state index contributed by atoms with van der Waals surface area (Å²) >= 11 is 0. The van der Waals surface area contributed by atoms with Crippen LogP contribution in [0.2, 0.25) is 0 Å². The maximum absolute atomic E-state index is 13.0. The number of nitrogens with one attached hydrogen (secondary N) is 2. The lowest BCUT2D eigenvalue weighted by atomic mass is 10.0. The monoisotopic (exact) mass is 472 g/mol. The molecule has 34 heavy (non-hydrogen) atoms. The van der Waals surface area contributed by atoms with Crippen molar-refractivity contribution in [3.8, 4) is 0 Å². The third kappa shape index (κ3) is 5.32. The number of aldehydes is 1. The van der Waals surface area contributed by atoms with Gasteiger partial charge >= 0.3 is 0 Å². The van der Waals surface area contributed by atoms with Crippen LogP contribution in [0.25, 0.3) is 10.8 Å². The smallest absolute Gasteiger partial charge is 0.261 e. The van der Waals surface area contributed by atoms with Crippen LogP contribution < -0.4 is 10.0 Å². The van der Waals surface area contributed by atoms with Gasteiger partial charge in [-0.15, -0.1) is 0 Å². The molecule has 172 valence electrons. The van der Waals surface area contributed by atoms with E-state index in [9.17, 15) is 18.0 Å². The molecular formula is C27H24N2O4S. The predicted octanol–water partition coefficient (Wildman–Crippen LogP) is 4.49. The summed E-state index contributed by atoms with van der Waals surface area (Å²) in [6.07, 6.45) is 1.07. The highest BCUT2D eigenvalue weighted by atomic mass is 32.2. The van der Waals surface area contributed by atoms with Crippen molar-refractivity contribution in [2.45, 2.75) is 24.3 Å². The fraction of sp³-hybridized carbons (Fsp3) is 0.111. The van der Waals surface area contributed by atoms with Crippen molar-refractivity contribution < 1.29 is 18.0 Å². The highest BCUT2D eigenvalue weighted by Gasteiger charge is 2.19. The summed E-state index contributed by atoms with van der Waals surface area (Å²) in [7, 11) is -3.87. The van der Waals surface area contributed by atoms with Gasteiger partial charge in [0.25, 0.3) is 15.9 Å². The zero-order valence-electron chi connectivity index (χ0n) is 18.6. The largest absolute Gasteiger partial charge is 0.342 e. The zero-order chi connectivity index (χ0) is 24.1. The van der Waals surface area contributed by atoms with E-state index < -0.39 is 22.0 Å². The second kappa shape index (κ2) is 9.89. The first-order chi connectivity index (χ1) is 16.4. The van der Waals surface area contributed by atoms with E-state index in [4.69, 9.17) is 0 Å². The summed E-state index contributed by atoms with van der Waals surface area (Å²) in [6.45, 7) is 1.75. The lowest BCUT2D eigenvalue weighted by Crippen LogP contribution is -2.38. The van der Waals surface area contributed by atoms with Crippen LogP contribution in [0, 0.1) is 6.92 Å². The van der Waals surface area contributed by atoms with E-state index in [1.165, 1.54) is 6.07 Å². The summed E-state index contributed by atoms with van der Waals surface area (Å²) in [4.78, 5) is 24.6. The van der Waals surface area contributed by atoms with E-state index in [0.29, 0.717) is 23.8 Å². The molecule has 1 atom stereocenters.